The highest BCUT2D eigenvalue weighted by Gasteiger charge is 2.18. The van der Waals surface area contributed by atoms with E-state index in [0.29, 0.717) is 0 Å². The van der Waals surface area contributed by atoms with Crippen molar-refractivity contribution < 1.29 is 9.50 Å². The molecule has 0 aliphatic rings. The summed E-state index contributed by atoms with van der Waals surface area (Å²) in [5.74, 6) is -0.461. The largest absolute Gasteiger partial charge is 0.382 e. The van der Waals surface area contributed by atoms with Crippen LogP contribution in [-0.4, -0.2) is 15.1 Å². The Hall–Kier alpha value is -1.03. The maximum Gasteiger partial charge on any atom is 0.169 e. The maximum absolute atomic E-state index is 12.2. The van der Waals surface area contributed by atoms with Crippen molar-refractivity contribution in [3.63, 3.8) is 0 Å². The van der Waals surface area contributed by atoms with Gasteiger partial charge in [-0.2, -0.15) is 0 Å². The molecule has 0 fully saturated rings. The van der Waals surface area contributed by atoms with Gasteiger partial charge in [-0.05, 0) is 13.8 Å². The van der Waals surface area contributed by atoms with Gasteiger partial charge in [-0.1, -0.05) is 0 Å². The lowest BCUT2D eigenvalue weighted by Crippen LogP contribution is -2.19. The highest BCUT2D eigenvalue weighted by Crippen LogP contribution is 2.13. The molecule has 0 amide bonds. The molecule has 0 bridgehead atoms. The van der Waals surface area contributed by atoms with Crippen molar-refractivity contribution in [1.29, 1.82) is 0 Å². The Morgan fingerprint density at radius 3 is 2.64 bits per heavy atom. The smallest absolute Gasteiger partial charge is 0.169 e. The molecule has 1 rings (SSSR count). The second kappa shape index (κ2) is 2.54. The summed E-state index contributed by atoms with van der Waals surface area (Å²) < 4.78 is 12.2. The summed E-state index contributed by atoms with van der Waals surface area (Å²) in [6.07, 6.45) is 3.04. The molecular weight excluding hydrogens is 147 g/mol. The number of rotatable bonds is 1. The molecule has 11 heavy (non-hydrogen) atoms. The van der Waals surface area contributed by atoms with E-state index < -0.39 is 11.4 Å². The number of hydrogen-bond acceptors (Lipinski definition) is 3. The second-order valence-corrected chi connectivity index (χ2v) is 2.71. The van der Waals surface area contributed by atoms with E-state index in [1.54, 1.807) is 0 Å². The number of hydrogen-bond donors (Lipinski definition) is 1. The molecule has 0 atom stereocenters. The minimum Gasteiger partial charge on any atom is -0.382 e. The molecule has 4 heteroatoms. The van der Waals surface area contributed by atoms with E-state index in [1.165, 1.54) is 13.8 Å². The molecule has 3 nitrogen and oxygen atoms in total. The molecule has 1 aromatic heterocycles. The van der Waals surface area contributed by atoms with Crippen LogP contribution in [0.4, 0.5) is 4.39 Å². The van der Waals surface area contributed by atoms with Crippen molar-refractivity contribution in [2.24, 2.45) is 0 Å². The van der Waals surface area contributed by atoms with Crippen molar-refractivity contribution in [3.8, 4) is 0 Å². The molecule has 0 unspecified atom stereocenters. The van der Waals surface area contributed by atoms with Gasteiger partial charge in [0.25, 0.3) is 0 Å². The third-order valence-corrected chi connectivity index (χ3v) is 1.12. The van der Waals surface area contributed by atoms with Gasteiger partial charge >= 0.3 is 0 Å². The van der Waals surface area contributed by atoms with Crippen LogP contribution in [-0.2, 0) is 5.60 Å². The fraction of sp³-hybridized carbons (Fsp3) is 0.429. The third-order valence-electron chi connectivity index (χ3n) is 1.12. The Morgan fingerprint density at radius 2 is 2.27 bits per heavy atom. The number of aliphatic hydroxyl groups is 1. The molecule has 1 heterocycles. The molecule has 1 N–H and O–H groups in total. The van der Waals surface area contributed by atoms with E-state index in [1.807, 2.05) is 0 Å². The van der Waals surface area contributed by atoms with Gasteiger partial charge in [-0.25, -0.2) is 14.4 Å². The Kier molecular flexibility index (Phi) is 1.87. The summed E-state index contributed by atoms with van der Waals surface area (Å²) in [6, 6.07) is 0. The van der Waals surface area contributed by atoms with E-state index >= 15 is 0 Å². The van der Waals surface area contributed by atoms with Gasteiger partial charge < -0.3 is 5.11 Å². The van der Waals surface area contributed by atoms with E-state index in [-0.39, 0.29) is 5.82 Å². The first-order chi connectivity index (χ1) is 5.00. The fourth-order valence-electron chi connectivity index (χ4n) is 0.577. The maximum atomic E-state index is 12.2. The summed E-state index contributed by atoms with van der Waals surface area (Å²) in [5, 5.41) is 9.31. The van der Waals surface area contributed by atoms with Crippen LogP contribution in [0.25, 0.3) is 0 Å². The van der Waals surface area contributed by atoms with Crippen molar-refractivity contribution in [2.45, 2.75) is 19.4 Å². The molecule has 59 valence electrons. The topological polar surface area (TPSA) is 46.0 Å². The van der Waals surface area contributed by atoms with Gasteiger partial charge in [0.05, 0.1) is 6.20 Å². The molecule has 0 saturated heterocycles. The quantitative estimate of drug-likeness (QED) is 0.647. The number of nitrogens with zero attached hydrogens (tertiary/aromatic N) is 2. The minimum absolute atomic E-state index is 0.166. The molecule has 1 radical (unpaired) electrons. The van der Waals surface area contributed by atoms with Crippen molar-refractivity contribution in [3.05, 3.63) is 24.0 Å². The average Bonchev–Trinajstić information content (AvgIpc) is 1.86. The molecule has 0 aliphatic heterocycles. The zero-order chi connectivity index (χ0) is 8.48. The Morgan fingerprint density at radius 1 is 1.64 bits per heavy atom. The molecule has 0 aliphatic carbocycles. The zero-order valence-corrected chi connectivity index (χ0v) is 6.30. The van der Waals surface area contributed by atoms with E-state index in [0.717, 1.165) is 6.20 Å². The SMILES string of the molecule is CC(C)(O)c1n[c]c(F)cn1. The van der Waals surface area contributed by atoms with E-state index in [4.69, 9.17) is 0 Å². The Labute approximate surface area is 63.9 Å². The first kappa shape index (κ1) is 8.07. The molecular formula is C7H8FN2O. The summed E-state index contributed by atoms with van der Waals surface area (Å²) in [7, 11) is 0. The first-order valence-corrected chi connectivity index (χ1v) is 3.13. The summed E-state index contributed by atoms with van der Waals surface area (Å²) in [6.45, 7) is 3.04. The van der Waals surface area contributed by atoms with Gasteiger partial charge in [0.2, 0.25) is 0 Å². The predicted octanol–water partition coefficient (Wildman–Crippen LogP) is 0.643. The Balaban J connectivity index is 2.99. The standard InChI is InChI=1S/C7H8FN2O/c1-7(2,11)6-9-3-5(8)4-10-6/h3,11H,1-2H3. The van der Waals surface area contributed by atoms with Crippen molar-refractivity contribution in [2.75, 3.05) is 0 Å². The number of halogens is 1. The lowest BCUT2D eigenvalue weighted by molar-refractivity contribution is 0.0684. The predicted molar refractivity (Wildman–Crippen MR) is 36.1 cm³/mol. The van der Waals surface area contributed by atoms with E-state index in [9.17, 15) is 9.50 Å². The van der Waals surface area contributed by atoms with Gasteiger partial charge in [0, 0.05) is 0 Å². The normalized spacial score (nSPS) is 11.6. The summed E-state index contributed by atoms with van der Waals surface area (Å²) in [5.41, 5.74) is -1.13. The van der Waals surface area contributed by atoms with Crippen LogP contribution in [0.2, 0.25) is 0 Å². The molecule has 0 aromatic carbocycles. The monoisotopic (exact) mass is 155 g/mol. The van der Waals surface area contributed by atoms with Crippen LogP contribution in [0.3, 0.4) is 0 Å². The van der Waals surface area contributed by atoms with Crippen LogP contribution in [0.1, 0.15) is 19.7 Å². The van der Waals surface area contributed by atoms with Gasteiger partial charge in [0.15, 0.2) is 11.6 Å². The molecule has 0 saturated carbocycles. The van der Waals surface area contributed by atoms with Crippen LogP contribution in [0.15, 0.2) is 6.20 Å². The fourth-order valence-corrected chi connectivity index (χ4v) is 0.577. The van der Waals surface area contributed by atoms with Crippen molar-refractivity contribution in [1.82, 2.24) is 9.97 Å². The first-order valence-electron chi connectivity index (χ1n) is 3.13. The minimum atomic E-state index is -1.13. The van der Waals surface area contributed by atoms with Crippen LogP contribution in [0, 0.1) is 12.0 Å². The van der Waals surface area contributed by atoms with Gasteiger partial charge in [0.1, 0.15) is 11.8 Å². The highest BCUT2D eigenvalue weighted by atomic mass is 19.1. The summed E-state index contributed by atoms with van der Waals surface area (Å²) in [4.78, 5) is 7.07. The highest BCUT2D eigenvalue weighted by molar-refractivity contribution is 4.97. The van der Waals surface area contributed by atoms with Crippen LogP contribution < -0.4 is 0 Å². The summed E-state index contributed by atoms with van der Waals surface area (Å²) >= 11 is 0. The van der Waals surface area contributed by atoms with E-state index in [2.05, 4.69) is 16.2 Å². The zero-order valence-electron chi connectivity index (χ0n) is 6.30. The van der Waals surface area contributed by atoms with Gasteiger partial charge in [-0.3, -0.25) is 0 Å². The lowest BCUT2D eigenvalue weighted by atomic mass is 10.1. The second-order valence-electron chi connectivity index (χ2n) is 2.71. The lowest BCUT2D eigenvalue weighted by Gasteiger charge is -2.13. The molecule has 1 aromatic rings. The third kappa shape index (κ3) is 1.94. The number of aromatic nitrogens is 2. The van der Waals surface area contributed by atoms with Crippen molar-refractivity contribution >= 4 is 0 Å². The van der Waals surface area contributed by atoms with Gasteiger partial charge in [-0.15, -0.1) is 0 Å². The van der Waals surface area contributed by atoms with Crippen LogP contribution in [0.5, 0.6) is 0 Å². The van der Waals surface area contributed by atoms with Crippen LogP contribution >= 0.6 is 0 Å². The molecule has 0 spiro atoms. The average molecular weight is 155 g/mol. The Bertz CT molecular complexity index is 240.